The summed E-state index contributed by atoms with van der Waals surface area (Å²) in [6.07, 6.45) is 1.67. The van der Waals surface area contributed by atoms with Crippen LogP contribution < -0.4 is 21.3 Å². The zero-order valence-electron chi connectivity index (χ0n) is 15.8. The van der Waals surface area contributed by atoms with E-state index in [4.69, 9.17) is 16.3 Å². The first-order valence-corrected chi connectivity index (χ1v) is 9.35. The molecule has 2 aromatic carbocycles. The lowest BCUT2D eigenvalue weighted by Gasteiger charge is -2.10. The van der Waals surface area contributed by atoms with Crippen LogP contribution in [0.25, 0.3) is 0 Å². The van der Waals surface area contributed by atoms with E-state index in [0.29, 0.717) is 23.6 Å². The van der Waals surface area contributed by atoms with Gasteiger partial charge in [-0.25, -0.2) is 4.79 Å². The lowest BCUT2D eigenvalue weighted by atomic mass is 10.1. The molecule has 0 saturated heterocycles. The van der Waals surface area contributed by atoms with E-state index < -0.39 is 17.2 Å². The summed E-state index contributed by atoms with van der Waals surface area (Å²) in [6.45, 7) is 0.276. The van der Waals surface area contributed by atoms with Gasteiger partial charge in [-0.3, -0.25) is 14.2 Å². The molecule has 1 aromatic heterocycles. The maximum Gasteiger partial charge on any atom is 0.328 e. The topological polar surface area (TPSA) is 93.2 Å². The van der Waals surface area contributed by atoms with Crippen LogP contribution >= 0.6 is 11.6 Å². The molecule has 1 amide bonds. The van der Waals surface area contributed by atoms with Crippen LogP contribution in [0.1, 0.15) is 21.5 Å². The summed E-state index contributed by atoms with van der Waals surface area (Å²) in [7, 11) is 1.58. The highest BCUT2D eigenvalue weighted by molar-refractivity contribution is 6.31. The van der Waals surface area contributed by atoms with Crippen LogP contribution in [0.5, 0.6) is 5.75 Å². The fraction of sp³-hybridized carbons (Fsp3) is 0.190. The molecule has 0 radical (unpaired) electrons. The van der Waals surface area contributed by atoms with Crippen LogP contribution in [0.3, 0.4) is 0 Å². The number of methoxy groups -OCH3 is 1. The van der Waals surface area contributed by atoms with Gasteiger partial charge in [-0.05, 0) is 29.7 Å². The molecule has 0 aliphatic rings. The zero-order chi connectivity index (χ0) is 20.8. The molecule has 8 heteroatoms. The Morgan fingerprint density at radius 1 is 1.10 bits per heavy atom. The van der Waals surface area contributed by atoms with Crippen molar-refractivity contribution in [2.24, 2.45) is 0 Å². The molecule has 0 saturated carbocycles. The van der Waals surface area contributed by atoms with Crippen molar-refractivity contribution in [3.05, 3.63) is 97.3 Å². The van der Waals surface area contributed by atoms with Crippen molar-refractivity contribution in [2.45, 2.75) is 13.0 Å². The molecular weight excluding hydrogens is 394 g/mol. The molecule has 150 valence electrons. The first-order valence-electron chi connectivity index (χ1n) is 8.97. The number of nitrogens with zero attached hydrogens (tertiary/aromatic N) is 1. The van der Waals surface area contributed by atoms with Gasteiger partial charge in [-0.1, -0.05) is 48.0 Å². The van der Waals surface area contributed by atoms with Gasteiger partial charge in [-0.2, -0.15) is 0 Å². The van der Waals surface area contributed by atoms with E-state index in [-0.39, 0.29) is 12.1 Å². The molecule has 0 aliphatic carbocycles. The number of hydrogen-bond donors (Lipinski definition) is 2. The average Bonchev–Trinajstić information content (AvgIpc) is 2.72. The Morgan fingerprint density at radius 2 is 1.79 bits per heavy atom. The van der Waals surface area contributed by atoms with Gasteiger partial charge in [0, 0.05) is 17.8 Å². The molecule has 7 nitrogen and oxygen atoms in total. The number of amides is 1. The Labute approximate surface area is 171 Å². The first kappa shape index (κ1) is 20.4. The van der Waals surface area contributed by atoms with Crippen molar-refractivity contribution in [3.8, 4) is 5.75 Å². The minimum absolute atomic E-state index is 0.0316. The predicted molar refractivity (Wildman–Crippen MR) is 111 cm³/mol. The summed E-state index contributed by atoms with van der Waals surface area (Å²) >= 11 is 6.12. The molecule has 0 aliphatic heterocycles. The highest BCUT2D eigenvalue weighted by Gasteiger charge is 2.15. The normalized spacial score (nSPS) is 10.6. The number of aromatic amines is 1. The van der Waals surface area contributed by atoms with E-state index in [9.17, 15) is 14.4 Å². The van der Waals surface area contributed by atoms with Crippen molar-refractivity contribution >= 4 is 17.5 Å². The van der Waals surface area contributed by atoms with Gasteiger partial charge in [0.05, 0.1) is 13.7 Å². The number of carbonyl (C=O) groups is 1. The molecule has 2 N–H and O–H groups in total. The van der Waals surface area contributed by atoms with E-state index in [1.54, 1.807) is 31.4 Å². The summed E-state index contributed by atoms with van der Waals surface area (Å²) in [5.74, 6) is 0.168. The summed E-state index contributed by atoms with van der Waals surface area (Å²) in [5.41, 5.74) is 0.115. The Hall–Kier alpha value is -3.32. The third-order valence-electron chi connectivity index (χ3n) is 4.46. The van der Waals surface area contributed by atoms with Gasteiger partial charge in [0.15, 0.2) is 0 Å². The van der Waals surface area contributed by atoms with E-state index in [1.807, 2.05) is 24.3 Å². The van der Waals surface area contributed by atoms with Gasteiger partial charge in [0.2, 0.25) is 0 Å². The highest BCUT2D eigenvalue weighted by Crippen LogP contribution is 2.17. The molecule has 29 heavy (non-hydrogen) atoms. The van der Waals surface area contributed by atoms with Crippen molar-refractivity contribution in [2.75, 3.05) is 13.7 Å². The minimum atomic E-state index is -0.677. The molecule has 0 atom stereocenters. The van der Waals surface area contributed by atoms with Crippen LogP contribution in [-0.2, 0) is 13.0 Å². The van der Waals surface area contributed by atoms with Crippen LogP contribution in [0.2, 0.25) is 5.02 Å². The second-order valence-corrected chi connectivity index (χ2v) is 6.72. The number of nitrogens with one attached hydrogen (secondary N) is 2. The van der Waals surface area contributed by atoms with Gasteiger partial charge in [-0.15, -0.1) is 0 Å². The Balaban J connectivity index is 1.75. The van der Waals surface area contributed by atoms with Gasteiger partial charge < -0.3 is 15.0 Å². The van der Waals surface area contributed by atoms with Crippen molar-refractivity contribution < 1.29 is 9.53 Å². The summed E-state index contributed by atoms with van der Waals surface area (Å²) < 4.78 is 6.24. The summed E-state index contributed by atoms with van der Waals surface area (Å²) in [5, 5.41) is 3.14. The number of aromatic nitrogens is 2. The lowest BCUT2D eigenvalue weighted by molar-refractivity contribution is 0.0951. The number of hydrogen-bond acceptors (Lipinski definition) is 4. The van der Waals surface area contributed by atoms with E-state index in [2.05, 4.69) is 10.3 Å². The smallest absolute Gasteiger partial charge is 0.328 e. The zero-order valence-corrected chi connectivity index (χ0v) is 16.5. The number of benzene rings is 2. The first-order chi connectivity index (χ1) is 14.0. The van der Waals surface area contributed by atoms with Crippen LogP contribution in [0.15, 0.2) is 64.3 Å². The number of para-hydroxylation sites is 1. The molecule has 0 bridgehead atoms. The molecular formula is C21H20ClN3O4. The van der Waals surface area contributed by atoms with E-state index in [1.165, 1.54) is 0 Å². The monoisotopic (exact) mass is 413 g/mol. The SMILES string of the molecule is COc1ccccc1CCNC(=O)c1c[nH]c(=O)n(Cc2ccccc2Cl)c1=O. The summed E-state index contributed by atoms with van der Waals surface area (Å²) in [6, 6.07) is 14.4. The third-order valence-corrected chi connectivity index (χ3v) is 4.83. The van der Waals surface area contributed by atoms with E-state index in [0.717, 1.165) is 22.1 Å². The number of halogens is 1. The second-order valence-electron chi connectivity index (χ2n) is 6.31. The van der Waals surface area contributed by atoms with Gasteiger partial charge >= 0.3 is 5.69 Å². The molecule has 3 aromatic rings. The molecule has 3 rings (SSSR count). The molecule has 0 unspecified atom stereocenters. The molecule has 1 heterocycles. The number of rotatable bonds is 7. The standard InChI is InChI=1S/C21H20ClN3O4/c1-29-18-9-5-3-6-14(18)10-11-23-19(26)16-12-24-21(28)25(20(16)27)13-15-7-2-4-8-17(15)22/h2-9,12H,10-11,13H2,1H3,(H,23,26)(H,24,28). The average molecular weight is 414 g/mol. The molecule has 0 fully saturated rings. The van der Waals surface area contributed by atoms with Crippen molar-refractivity contribution in [1.29, 1.82) is 0 Å². The Morgan fingerprint density at radius 3 is 2.52 bits per heavy atom. The second kappa shape index (κ2) is 9.25. The highest BCUT2D eigenvalue weighted by atomic mass is 35.5. The van der Waals surface area contributed by atoms with Gasteiger partial charge in [0.1, 0.15) is 11.3 Å². The fourth-order valence-electron chi connectivity index (χ4n) is 2.93. The number of H-pyrrole nitrogens is 1. The lowest BCUT2D eigenvalue weighted by Crippen LogP contribution is -2.41. The van der Waals surface area contributed by atoms with Crippen molar-refractivity contribution in [1.82, 2.24) is 14.9 Å². The van der Waals surface area contributed by atoms with Gasteiger partial charge in [0.25, 0.3) is 11.5 Å². The third kappa shape index (κ3) is 4.75. The van der Waals surface area contributed by atoms with E-state index >= 15 is 0 Å². The summed E-state index contributed by atoms with van der Waals surface area (Å²) in [4.78, 5) is 39.7. The minimum Gasteiger partial charge on any atom is -0.496 e. The van der Waals surface area contributed by atoms with Crippen LogP contribution in [-0.4, -0.2) is 29.1 Å². The largest absolute Gasteiger partial charge is 0.496 e. The fourth-order valence-corrected chi connectivity index (χ4v) is 3.13. The van der Waals surface area contributed by atoms with Crippen molar-refractivity contribution in [3.63, 3.8) is 0 Å². The maximum atomic E-state index is 12.7. The Bertz CT molecular complexity index is 1140. The molecule has 0 spiro atoms. The quantitative estimate of drug-likeness (QED) is 0.621. The van der Waals surface area contributed by atoms with Crippen LogP contribution in [0.4, 0.5) is 0 Å². The number of carbonyl (C=O) groups excluding carboxylic acids is 1. The van der Waals surface area contributed by atoms with Crippen LogP contribution in [0, 0.1) is 0 Å². The Kier molecular flexibility index (Phi) is 6.51. The number of ether oxygens (including phenoxy) is 1. The maximum absolute atomic E-state index is 12.7. The predicted octanol–water partition coefficient (Wildman–Crippen LogP) is 2.22.